The van der Waals surface area contributed by atoms with Crippen LogP contribution in [0, 0.1) is 0 Å². The number of carbonyl (C=O) groups excluding carboxylic acids is 1. The van der Waals surface area contributed by atoms with E-state index in [4.69, 9.17) is 21.1 Å². The molecule has 1 amide bonds. The summed E-state index contributed by atoms with van der Waals surface area (Å²) < 4.78 is 10.3. The number of hydrogen-bond acceptors (Lipinski definition) is 3. The lowest BCUT2D eigenvalue weighted by atomic mass is 10.3. The van der Waals surface area contributed by atoms with Crippen LogP contribution in [-0.4, -0.2) is 37.7 Å². The van der Waals surface area contributed by atoms with E-state index in [1.165, 1.54) is 0 Å². The molecule has 0 aliphatic carbocycles. The molecule has 5 heteroatoms. The summed E-state index contributed by atoms with van der Waals surface area (Å²) >= 11 is 5.92. The molecule has 1 aromatic carbocycles. The summed E-state index contributed by atoms with van der Waals surface area (Å²) in [4.78, 5) is 11.7. The lowest BCUT2D eigenvalue weighted by Gasteiger charge is -2.11. The number of alkyl halides is 1. The lowest BCUT2D eigenvalue weighted by Crippen LogP contribution is -2.27. The number of hydrogen-bond donors (Lipinski definition) is 1. The molecule has 1 atom stereocenters. The van der Waals surface area contributed by atoms with Gasteiger partial charge in [0, 0.05) is 12.3 Å². The predicted octanol–water partition coefficient (Wildman–Crippen LogP) is 2.29. The smallest absolute Gasteiger partial charge is 0.244 e. The van der Waals surface area contributed by atoms with Gasteiger partial charge in [-0.3, -0.25) is 4.79 Å². The fraction of sp³-hybridized carbons (Fsp3) is 0.462. The molecule has 100 valence electrons. The van der Waals surface area contributed by atoms with E-state index in [0.29, 0.717) is 19.8 Å². The minimum Gasteiger partial charge on any atom is -0.379 e. The second kappa shape index (κ2) is 8.91. The summed E-state index contributed by atoms with van der Waals surface area (Å²) in [5.74, 6) is -0.265. The molecule has 1 rings (SSSR count). The highest BCUT2D eigenvalue weighted by molar-refractivity contribution is 6.32. The molecule has 0 heterocycles. The molecule has 0 aliphatic rings. The topological polar surface area (TPSA) is 47.6 Å². The minimum atomic E-state index is -0.702. The molecule has 0 bridgehead atoms. The average molecular weight is 272 g/mol. The maximum absolute atomic E-state index is 11.7. The molecule has 0 saturated heterocycles. The number of anilines is 1. The number of para-hydroxylation sites is 1. The Hall–Kier alpha value is -1.10. The first-order chi connectivity index (χ1) is 8.74. The monoisotopic (exact) mass is 271 g/mol. The third-order valence-electron chi connectivity index (χ3n) is 2.17. The van der Waals surface area contributed by atoms with E-state index in [1.807, 2.05) is 25.1 Å². The highest BCUT2D eigenvalue weighted by atomic mass is 35.5. The van der Waals surface area contributed by atoms with Gasteiger partial charge in [-0.15, -0.1) is 11.6 Å². The van der Waals surface area contributed by atoms with Crippen molar-refractivity contribution in [1.29, 1.82) is 0 Å². The van der Waals surface area contributed by atoms with Gasteiger partial charge in [-0.2, -0.15) is 0 Å². The highest BCUT2D eigenvalue weighted by Crippen LogP contribution is 2.07. The van der Waals surface area contributed by atoms with Gasteiger partial charge in [-0.1, -0.05) is 18.2 Å². The lowest BCUT2D eigenvalue weighted by molar-refractivity contribution is -0.117. The third-order valence-corrected chi connectivity index (χ3v) is 2.49. The van der Waals surface area contributed by atoms with Crippen molar-refractivity contribution < 1.29 is 14.3 Å². The van der Waals surface area contributed by atoms with Gasteiger partial charge in [0.2, 0.25) is 5.91 Å². The second-order valence-electron chi connectivity index (χ2n) is 3.59. The Balaban J connectivity index is 2.21. The third kappa shape index (κ3) is 6.00. The fourth-order valence-electron chi connectivity index (χ4n) is 1.27. The van der Waals surface area contributed by atoms with Gasteiger partial charge in [0.25, 0.3) is 0 Å². The van der Waals surface area contributed by atoms with Crippen molar-refractivity contribution in [2.45, 2.75) is 12.3 Å². The Morgan fingerprint density at radius 1 is 1.28 bits per heavy atom. The van der Waals surface area contributed by atoms with E-state index < -0.39 is 5.38 Å². The number of amides is 1. The summed E-state index contributed by atoms with van der Waals surface area (Å²) in [5.41, 5.74) is 0.725. The Morgan fingerprint density at radius 3 is 2.61 bits per heavy atom. The van der Waals surface area contributed by atoms with Crippen LogP contribution in [0.1, 0.15) is 6.92 Å². The number of rotatable bonds is 8. The number of carbonyl (C=O) groups is 1. The van der Waals surface area contributed by atoms with E-state index in [-0.39, 0.29) is 12.5 Å². The number of ether oxygens (including phenoxy) is 2. The standard InChI is InChI=1S/C13H18ClNO3/c1-2-17-8-9-18-10-12(14)13(16)15-11-6-4-3-5-7-11/h3-7,12H,2,8-10H2,1H3,(H,15,16). The SMILES string of the molecule is CCOCCOCC(Cl)C(=O)Nc1ccccc1. The van der Waals surface area contributed by atoms with Crippen LogP contribution in [0.5, 0.6) is 0 Å². The molecule has 0 aromatic heterocycles. The molecule has 1 N–H and O–H groups in total. The molecule has 0 saturated carbocycles. The van der Waals surface area contributed by atoms with E-state index in [2.05, 4.69) is 5.32 Å². The van der Waals surface area contributed by atoms with Crippen molar-refractivity contribution >= 4 is 23.2 Å². The van der Waals surface area contributed by atoms with Crippen LogP contribution in [0.2, 0.25) is 0 Å². The molecule has 4 nitrogen and oxygen atoms in total. The molecule has 0 fully saturated rings. The number of benzene rings is 1. The van der Waals surface area contributed by atoms with Crippen LogP contribution < -0.4 is 5.32 Å². The van der Waals surface area contributed by atoms with E-state index in [0.717, 1.165) is 5.69 Å². The number of nitrogens with one attached hydrogen (secondary N) is 1. The summed E-state index contributed by atoms with van der Waals surface area (Å²) in [7, 11) is 0. The number of halogens is 1. The molecule has 1 unspecified atom stereocenters. The van der Waals surface area contributed by atoms with Crippen LogP contribution in [0.15, 0.2) is 30.3 Å². The van der Waals surface area contributed by atoms with Crippen molar-refractivity contribution in [3.05, 3.63) is 30.3 Å². The fourth-order valence-corrected chi connectivity index (χ4v) is 1.41. The van der Waals surface area contributed by atoms with Crippen LogP contribution in [0.25, 0.3) is 0 Å². The second-order valence-corrected chi connectivity index (χ2v) is 4.12. The Morgan fingerprint density at radius 2 is 1.94 bits per heavy atom. The molecule has 1 aromatic rings. The van der Waals surface area contributed by atoms with Crippen LogP contribution >= 0.6 is 11.6 Å². The van der Waals surface area contributed by atoms with Gasteiger partial charge in [0.05, 0.1) is 19.8 Å². The van der Waals surface area contributed by atoms with Crippen LogP contribution in [0.3, 0.4) is 0 Å². The van der Waals surface area contributed by atoms with E-state index >= 15 is 0 Å². The Labute approximate surface area is 112 Å². The molecule has 0 radical (unpaired) electrons. The van der Waals surface area contributed by atoms with Gasteiger partial charge in [0.15, 0.2) is 0 Å². The first-order valence-electron chi connectivity index (χ1n) is 5.89. The van der Waals surface area contributed by atoms with Gasteiger partial charge >= 0.3 is 0 Å². The van der Waals surface area contributed by atoms with Crippen molar-refractivity contribution in [1.82, 2.24) is 0 Å². The quantitative estimate of drug-likeness (QED) is 0.583. The van der Waals surface area contributed by atoms with E-state index in [1.54, 1.807) is 12.1 Å². The van der Waals surface area contributed by atoms with Crippen LogP contribution in [-0.2, 0) is 14.3 Å². The molecule has 18 heavy (non-hydrogen) atoms. The average Bonchev–Trinajstić information content (AvgIpc) is 2.39. The van der Waals surface area contributed by atoms with Crippen molar-refractivity contribution in [3.63, 3.8) is 0 Å². The summed E-state index contributed by atoms with van der Waals surface area (Å²) in [5, 5.41) is 2.01. The zero-order chi connectivity index (χ0) is 13.2. The zero-order valence-corrected chi connectivity index (χ0v) is 11.2. The molecule has 0 aliphatic heterocycles. The van der Waals surface area contributed by atoms with Gasteiger partial charge in [-0.05, 0) is 19.1 Å². The predicted molar refractivity (Wildman–Crippen MR) is 72.0 cm³/mol. The highest BCUT2D eigenvalue weighted by Gasteiger charge is 2.15. The minimum absolute atomic E-state index is 0.174. The largest absolute Gasteiger partial charge is 0.379 e. The molecular formula is C13H18ClNO3. The maximum atomic E-state index is 11.7. The Bertz CT molecular complexity index is 345. The zero-order valence-electron chi connectivity index (χ0n) is 10.4. The van der Waals surface area contributed by atoms with Gasteiger partial charge < -0.3 is 14.8 Å². The van der Waals surface area contributed by atoms with E-state index in [9.17, 15) is 4.79 Å². The summed E-state index contributed by atoms with van der Waals surface area (Å²) in [6.45, 7) is 3.70. The van der Waals surface area contributed by atoms with Crippen molar-refractivity contribution in [2.75, 3.05) is 31.7 Å². The van der Waals surface area contributed by atoms with Gasteiger partial charge in [-0.25, -0.2) is 0 Å². The molecule has 0 spiro atoms. The summed E-state index contributed by atoms with van der Waals surface area (Å²) in [6.07, 6.45) is 0. The maximum Gasteiger partial charge on any atom is 0.244 e. The first kappa shape index (κ1) is 15.0. The van der Waals surface area contributed by atoms with Crippen molar-refractivity contribution in [3.8, 4) is 0 Å². The summed E-state index contributed by atoms with van der Waals surface area (Å²) in [6, 6.07) is 9.18. The van der Waals surface area contributed by atoms with Crippen LogP contribution in [0.4, 0.5) is 5.69 Å². The normalized spacial score (nSPS) is 12.1. The first-order valence-corrected chi connectivity index (χ1v) is 6.33. The Kier molecular flexibility index (Phi) is 7.41. The molecular weight excluding hydrogens is 254 g/mol. The van der Waals surface area contributed by atoms with Crippen molar-refractivity contribution in [2.24, 2.45) is 0 Å². The van der Waals surface area contributed by atoms with Gasteiger partial charge in [0.1, 0.15) is 5.38 Å².